The maximum Gasteiger partial charge on any atom is -0.0205 e. The van der Waals surface area contributed by atoms with Crippen molar-refractivity contribution in [2.75, 3.05) is 0 Å². The van der Waals surface area contributed by atoms with Crippen LogP contribution in [0.25, 0.3) is 0 Å². The highest BCUT2D eigenvalue weighted by molar-refractivity contribution is 4.93. The van der Waals surface area contributed by atoms with Crippen LogP contribution in [-0.2, 0) is 0 Å². The molecule has 0 aromatic carbocycles. The van der Waals surface area contributed by atoms with Crippen LogP contribution in [0.2, 0.25) is 0 Å². The Hall–Kier alpha value is -0.260. The Balaban J connectivity index is 1.57. The highest BCUT2D eigenvalue weighted by Gasteiger charge is 2.23. The summed E-state index contributed by atoms with van der Waals surface area (Å²) >= 11 is 0. The molecule has 0 N–H and O–H groups in total. The van der Waals surface area contributed by atoms with Crippen LogP contribution < -0.4 is 0 Å². The molecule has 0 saturated heterocycles. The zero-order valence-corrected chi connectivity index (χ0v) is 17.5. The summed E-state index contributed by atoms with van der Waals surface area (Å²) in [6.45, 7) is 4.63. The van der Waals surface area contributed by atoms with E-state index in [1.165, 1.54) is 96.3 Å². The van der Waals surface area contributed by atoms with Gasteiger partial charge in [-0.05, 0) is 49.4 Å². The first-order chi connectivity index (χ1) is 12.3. The molecule has 2 saturated carbocycles. The molecule has 0 radical (unpaired) electrons. The van der Waals surface area contributed by atoms with E-state index in [0.29, 0.717) is 0 Å². The van der Waals surface area contributed by atoms with Gasteiger partial charge < -0.3 is 0 Å². The fourth-order valence-electron chi connectivity index (χ4n) is 5.43. The molecule has 0 heteroatoms. The number of hydrogen-bond acceptors (Lipinski definition) is 0. The summed E-state index contributed by atoms with van der Waals surface area (Å²) in [5, 5.41) is 0. The minimum absolute atomic E-state index is 0.911. The second kappa shape index (κ2) is 13.0. The topological polar surface area (TPSA) is 0 Å². The first-order valence-corrected chi connectivity index (χ1v) is 12.0. The first-order valence-electron chi connectivity index (χ1n) is 12.0. The van der Waals surface area contributed by atoms with E-state index in [4.69, 9.17) is 0 Å². The van der Waals surface area contributed by atoms with Crippen molar-refractivity contribution in [2.24, 2.45) is 23.7 Å². The van der Waals surface area contributed by atoms with Crippen LogP contribution in [0.3, 0.4) is 0 Å². The number of unbranched alkanes of at least 4 members (excludes halogenated alkanes) is 3. The zero-order chi connectivity index (χ0) is 17.7. The fourth-order valence-corrected chi connectivity index (χ4v) is 5.43. The van der Waals surface area contributed by atoms with Gasteiger partial charge in [0.1, 0.15) is 0 Å². The third kappa shape index (κ3) is 8.31. The summed E-state index contributed by atoms with van der Waals surface area (Å²) in [6, 6.07) is 0. The van der Waals surface area contributed by atoms with Crippen molar-refractivity contribution < 1.29 is 0 Å². The standard InChI is InChI=1S/C25H46/c1-3-5-7-14-24-16-10-11-17-25(24)15-9-8-13-23-20-18-22(19-21-23)12-6-4-2/h7,14,22-25H,3-6,8-13,15-21H2,1-2H3/b14-7+/t22-,23-,24?,25?. The third-order valence-corrected chi connectivity index (χ3v) is 7.18. The average Bonchev–Trinajstić information content (AvgIpc) is 2.66. The third-order valence-electron chi connectivity index (χ3n) is 7.18. The number of hydrogen-bond donors (Lipinski definition) is 0. The Kier molecular flexibility index (Phi) is 10.9. The lowest BCUT2D eigenvalue weighted by molar-refractivity contribution is 0.234. The summed E-state index contributed by atoms with van der Waals surface area (Å²) in [4.78, 5) is 0. The van der Waals surface area contributed by atoms with Crippen LogP contribution in [-0.4, -0.2) is 0 Å². The van der Waals surface area contributed by atoms with Crippen molar-refractivity contribution in [1.29, 1.82) is 0 Å². The molecule has 0 amide bonds. The minimum atomic E-state index is 0.911. The van der Waals surface area contributed by atoms with E-state index in [9.17, 15) is 0 Å². The summed E-state index contributed by atoms with van der Waals surface area (Å²) in [6.07, 6.45) is 30.1. The predicted molar refractivity (Wildman–Crippen MR) is 113 cm³/mol. The maximum atomic E-state index is 2.59. The summed E-state index contributed by atoms with van der Waals surface area (Å²) in [5.41, 5.74) is 0. The Bertz CT molecular complexity index is 334. The van der Waals surface area contributed by atoms with Gasteiger partial charge in [0, 0.05) is 0 Å². The van der Waals surface area contributed by atoms with E-state index in [2.05, 4.69) is 26.0 Å². The Morgan fingerprint density at radius 2 is 1.32 bits per heavy atom. The van der Waals surface area contributed by atoms with Crippen LogP contribution >= 0.6 is 0 Å². The minimum Gasteiger partial charge on any atom is -0.0883 e. The Morgan fingerprint density at radius 3 is 2.00 bits per heavy atom. The van der Waals surface area contributed by atoms with Gasteiger partial charge in [0.25, 0.3) is 0 Å². The SMILES string of the molecule is CCC/C=C/C1CCCCC1CCCC[C@H]1CC[C@H](CCCC)CC1. The first kappa shape index (κ1) is 21.0. The van der Waals surface area contributed by atoms with Gasteiger partial charge in [-0.1, -0.05) is 109 Å². The molecule has 0 bridgehead atoms. The lowest BCUT2D eigenvalue weighted by Crippen LogP contribution is -2.18. The normalized spacial score (nSPS) is 30.8. The Labute approximate surface area is 159 Å². The molecule has 0 nitrogen and oxygen atoms in total. The molecule has 2 rings (SSSR count). The van der Waals surface area contributed by atoms with Gasteiger partial charge in [-0.15, -0.1) is 0 Å². The van der Waals surface area contributed by atoms with Gasteiger partial charge in [0.15, 0.2) is 0 Å². The van der Waals surface area contributed by atoms with Crippen molar-refractivity contribution >= 4 is 0 Å². The summed E-state index contributed by atoms with van der Waals surface area (Å²) in [7, 11) is 0. The van der Waals surface area contributed by atoms with Crippen LogP contribution in [0.1, 0.15) is 123 Å². The van der Waals surface area contributed by atoms with Crippen LogP contribution in [0.15, 0.2) is 12.2 Å². The molecule has 0 aromatic heterocycles. The van der Waals surface area contributed by atoms with Gasteiger partial charge in [-0.3, -0.25) is 0 Å². The molecule has 2 atom stereocenters. The van der Waals surface area contributed by atoms with Crippen molar-refractivity contribution in [3.05, 3.63) is 12.2 Å². The van der Waals surface area contributed by atoms with Crippen LogP contribution in [0, 0.1) is 23.7 Å². The van der Waals surface area contributed by atoms with Gasteiger partial charge in [-0.25, -0.2) is 0 Å². The molecule has 2 aliphatic rings. The zero-order valence-electron chi connectivity index (χ0n) is 17.5. The largest absolute Gasteiger partial charge is 0.0883 e. The van der Waals surface area contributed by atoms with Crippen molar-refractivity contribution in [3.63, 3.8) is 0 Å². The molecular weight excluding hydrogens is 300 g/mol. The second-order valence-corrected chi connectivity index (χ2v) is 9.24. The van der Waals surface area contributed by atoms with Crippen LogP contribution in [0.5, 0.6) is 0 Å². The summed E-state index contributed by atoms with van der Waals surface area (Å²) in [5.74, 6) is 4.07. The predicted octanol–water partition coefficient (Wildman–Crippen LogP) is 8.71. The average molecular weight is 347 g/mol. The van der Waals surface area contributed by atoms with E-state index in [1.54, 1.807) is 12.8 Å². The smallest absolute Gasteiger partial charge is 0.0205 e. The molecule has 2 unspecified atom stereocenters. The molecule has 0 spiro atoms. The van der Waals surface area contributed by atoms with Gasteiger partial charge in [0.05, 0.1) is 0 Å². The molecule has 0 aliphatic heterocycles. The lowest BCUT2D eigenvalue weighted by Gasteiger charge is -2.30. The molecular formula is C25H46. The molecule has 2 fully saturated rings. The van der Waals surface area contributed by atoms with E-state index in [0.717, 1.165) is 23.7 Å². The number of rotatable bonds is 11. The van der Waals surface area contributed by atoms with Crippen molar-refractivity contribution in [2.45, 2.75) is 123 Å². The fraction of sp³-hybridized carbons (Fsp3) is 0.920. The lowest BCUT2D eigenvalue weighted by atomic mass is 9.75. The molecule has 0 aromatic rings. The van der Waals surface area contributed by atoms with Gasteiger partial charge >= 0.3 is 0 Å². The molecule has 25 heavy (non-hydrogen) atoms. The summed E-state index contributed by atoms with van der Waals surface area (Å²) < 4.78 is 0. The van der Waals surface area contributed by atoms with E-state index in [1.807, 2.05) is 0 Å². The quantitative estimate of drug-likeness (QED) is 0.259. The van der Waals surface area contributed by atoms with Crippen molar-refractivity contribution in [1.82, 2.24) is 0 Å². The molecule has 2 aliphatic carbocycles. The number of allylic oxidation sites excluding steroid dienone is 2. The van der Waals surface area contributed by atoms with E-state index < -0.39 is 0 Å². The highest BCUT2D eigenvalue weighted by Crippen LogP contribution is 2.37. The van der Waals surface area contributed by atoms with E-state index >= 15 is 0 Å². The maximum absolute atomic E-state index is 2.59. The van der Waals surface area contributed by atoms with E-state index in [-0.39, 0.29) is 0 Å². The second-order valence-electron chi connectivity index (χ2n) is 9.24. The molecule has 146 valence electrons. The monoisotopic (exact) mass is 346 g/mol. The van der Waals surface area contributed by atoms with Crippen molar-refractivity contribution in [3.8, 4) is 0 Å². The van der Waals surface area contributed by atoms with Crippen LogP contribution in [0.4, 0.5) is 0 Å². The molecule has 0 heterocycles. The highest BCUT2D eigenvalue weighted by atomic mass is 14.3. The van der Waals surface area contributed by atoms with Gasteiger partial charge in [-0.2, -0.15) is 0 Å². The Morgan fingerprint density at radius 1 is 0.680 bits per heavy atom. The van der Waals surface area contributed by atoms with Gasteiger partial charge in [0.2, 0.25) is 0 Å².